The van der Waals surface area contributed by atoms with E-state index in [9.17, 15) is 0 Å². The smallest absolute Gasteiger partial charge is 0.188 e. The van der Waals surface area contributed by atoms with E-state index in [0.29, 0.717) is 6.61 Å². The van der Waals surface area contributed by atoms with Gasteiger partial charge in [0.25, 0.3) is 0 Å². The summed E-state index contributed by atoms with van der Waals surface area (Å²) in [6, 6.07) is -0.491. The Kier molecular flexibility index (Phi) is 3.20. The van der Waals surface area contributed by atoms with Gasteiger partial charge in [0.15, 0.2) is 17.9 Å². The first-order valence-electron chi connectivity index (χ1n) is 6.68. The topological polar surface area (TPSA) is 94.9 Å². The van der Waals surface area contributed by atoms with Crippen molar-refractivity contribution >= 4 is 0 Å². The van der Waals surface area contributed by atoms with E-state index < -0.39 is 36.1 Å². The van der Waals surface area contributed by atoms with E-state index in [2.05, 4.69) is 10.0 Å². The molecular formula is C12H19N3O5. The lowest BCUT2D eigenvalue weighted by Crippen LogP contribution is -2.41. The highest BCUT2D eigenvalue weighted by Crippen LogP contribution is 2.41. The van der Waals surface area contributed by atoms with Gasteiger partial charge in [0.05, 0.1) is 12.6 Å². The van der Waals surface area contributed by atoms with Crippen LogP contribution in [0.3, 0.4) is 0 Å². The zero-order chi connectivity index (χ0) is 14.5. The fourth-order valence-electron chi connectivity index (χ4n) is 2.89. The second-order valence-corrected chi connectivity index (χ2v) is 6.13. The van der Waals surface area contributed by atoms with Crippen LogP contribution in [0.15, 0.2) is 5.11 Å². The Bertz CT molecular complexity index is 448. The molecule has 0 saturated carbocycles. The summed E-state index contributed by atoms with van der Waals surface area (Å²) in [5, 5.41) is 3.82. The standard InChI is InChI=1S/C12H19N3O5/c1-11(2)16-5-6(18-11)8-7(14-15-13)9-10(17-8)20-12(3,4)19-9/h6-10H,5H2,1-4H3/t6-,7?,8+,9-,10-/m1/s1. The van der Waals surface area contributed by atoms with Crippen molar-refractivity contribution in [2.45, 2.75) is 69.9 Å². The summed E-state index contributed by atoms with van der Waals surface area (Å²) < 4.78 is 28.6. The first kappa shape index (κ1) is 14.1. The van der Waals surface area contributed by atoms with E-state index in [1.807, 2.05) is 13.8 Å². The van der Waals surface area contributed by atoms with Crippen LogP contribution in [-0.4, -0.2) is 48.8 Å². The van der Waals surface area contributed by atoms with Crippen molar-refractivity contribution in [3.8, 4) is 0 Å². The summed E-state index contributed by atoms with van der Waals surface area (Å²) in [6.07, 6.45) is -1.70. The third-order valence-electron chi connectivity index (χ3n) is 3.63. The Labute approximate surface area is 116 Å². The van der Waals surface area contributed by atoms with Crippen molar-refractivity contribution in [2.75, 3.05) is 6.61 Å². The number of hydrogen-bond acceptors (Lipinski definition) is 6. The second-order valence-electron chi connectivity index (χ2n) is 6.13. The molecule has 3 aliphatic heterocycles. The van der Waals surface area contributed by atoms with Crippen molar-refractivity contribution in [3.05, 3.63) is 10.4 Å². The van der Waals surface area contributed by atoms with Crippen LogP contribution in [0.5, 0.6) is 0 Å². The van der Waals surface area contributed by atoms with E-state index in [-0.39, 0.29) is 6.10 Å². The third-order valence-corrected chi connectivity index (χ3v) is 3.63. The molecule has 112 valence electrons. The van der Waals surface area contributed by atoms with Crippen molar-refractivity contribution in [1.82, 2.24) is 0 Å². The number of nitrogens with zero attached hydrogens (tertiary/aromatic N) is 3. The number of fused-ring (bicyclic) bond motifs is 1. The van der Waals surface area contributed by atoms with Crippen LogP contribution in [0.4, 0.5) is 0 Å². The van der Waals surface area contributed by atoms with Gasteiger partial charge in [0.1, 0.15) is 18.3 Å². The van der Waals surface area contributed by atoms with Crippen molar-refractivity contribution in [1.29, 1.82) is 0 Å². The molecule has 3 aliphatic rings. The van der Waals surface area contributed by atoms with E-state index in [4.69, 9.17) is 29.2 Å². The van der Waals surface area contributed by atoms with Crippen LogP contribution in [0, 0.1) is 0 Å². The minimum Gasteiger partial charge on any atom is -0.348 e. The van der Waals surface area contributed by atoms with Crippen LogP contribution in [0.1, 0.15) is 27.7 Å². The van der Waals surface area contributed by atoms with Gasteiger partial charge < -0.3 is 23.7 Å². The van der Waals surface area contributed by atoms with Gasteiger partial charge in [-0.1, -0.05) is 5.11 Å². The Morgan fingerprint density at radius 3 is 2.40 bits per heavy atom. The molecule has 3 heterocycles. The molecule has 0 spiro atoms. The highest BCUT2D eigenvalue weighted by Gasteiger charge is 2.57. The predicted molar refractivity (Wildman–Crippen MR) is 66.5 cm³/mol. The average Bonchev–Trinajstić information content (AvgIpc) is 2.91. The summed E-state index contributed by atoms with van der Waals surface area (Å²) in [6.45, 7) is 7.66. The van der Waals surface area contributed by atoms with Gasteiger partial charge in [0.2, 0.25) is 0 Å². The summed E-state index contributed by atoms with van der Waals surface area (Å²) >= 11 is 0. The lowest BCUT2D eigenvalue weighted by Gasteiger charge is -2.26. The van der Waals surface area contributed by atoms with Crippen LogP contribution in [0.25, 0.3) is 10.4 Å². The average molecular weight is 285 g/mol. The van der Waals surface area contributed by atoms with Gasteiger partial charge in [-0.25, -0.2) is 0 Å². The summed E-state index contributed by atoms with van der Waals surface area (Å²) in [5.74, 6) is -1.40. The van der Waals surface area contributed by atoms with Crippen molar-refractivity contribution in [3.63, 3.8) is 0 Å². The monoisotopic (exact) mass is 285 g/mol. The molecule has 0 bridgehead atoms. The van der Waals surface area contributed by atoms with Crippen LogP contribution >= 0.6 is 0 Å². The fraction of sp³-hybridized carbons (Fsp3) is 1.00. The van der Waals surface area contributed by atoms with Crippen LogP contribution in [-0.2, 0) is 23.7 Å². The largest absolute Gasteiger partial charge is 0.348 e. The SMILES string of the molecule is CC1(C)O[C@H]2O[C@@H]([C@H]3COC(C)(C)O3)C(N=[N+]=[N-])[C@H]2O1. The molecule has 3 rings (SSSR count). The van der Waals surface area contributed by atoms with Gasteiger partial charge in [-0.05, 0) is 33.2 Å². The Morgan fingerprint density at radius 2 is 1.80 bits per heavy atom. The maximum atomic E-state index is 8.77. The molecule has 20 heavy (non-hydrogen) atoms. The Hall–Kier alpha value is -0.890. The molecule has 0 aliphatic carbocycles. The molecule has 0 aromatic rings. The molecule has 0 N–H and O–H groups in total. The van der Waals surface area contributed by atoms with E-state index in [0.717, 1.165) is 0 Å². The molecular weight excluding hydrogens is 266 g/mol. The summed E-state index contributed by atoms with van der Waals surface area (Å²) in [4.78, 5) is 2.90. The number of rotatable bonds is 2. The van der Waals surface area contributed by atoms with E-state index >= 15 is 0 Å². The molecule has 3 saturated heterocycles. The molecule has 3 fully saturated rings. The first-order chi connectivity index (χ1) is 9.31. The second kappa shape index (κ2) is 4.56. The highest BCUT2D eigenvalue weighted by molar-refractivity contribution is 5.01. The molecule has 5 atom stereocenters. The van der Waals surface area contributed by atoms with Crippen molar-refractivity contribution < 1.29 is 23.7 Å². The van der Waals surface area contributed by atoms with Gasteiger partial charge in [0, 0.05) is 4.91 Å². The van der Waals surface area contributed by atoms with E-state index in [1.54, 1.807) is 13.8 Å². The zero-order valence-electron chi connectivity index (χ0n) is 12.0. The lowest BCUT2D eigenvalue weighted by atomic mass is 10.0. The minimum absolute atomic E-state index is 0.304. The van der Waals surface area contributed by atoms with Gasteiger partial charge in [-0.15, -0.1) is 0 Å². The van der Waals surface area contributed by atoms with Gasteiger partial charge >= 0.3 is 0 Å². The first-order valence-corrected chi connectivity index (χ1v) is 6.68. The molecule has 0 aromatic heterocycles. The number of hydrogen-bond donors (Lipinski definition) is 0. The van der Waals surface area contributed by atoms with Gasteiger partial charge in [-0.3, -0.25) is 0 Å². The summed E-state index contributed by atoms with van der Waals surface area (Å²) in [7, 11) is 0. The molecule has 8 heteroatoms. The minimum atomic E-state index is -0.740. The molecule has 8 nitrogen and oxygen atoms in total. The predicted octanol–water partition coefficient (Wildman–Crippen LogP) is 1.69. The van der Waals surface area contributed by atoms with Crippen LogP contribution < -0.4 is 0 Å². The number of azide groups is 1. The lowest BCUT2D eigenvalue weighted by molar-refractivity contribution is -0.222. The van der Waals surface area contributed by atoms with E-state index in [1.165, 1.54) is 0 Å². The van der Waals surface area contributed by atoms with Crippen molar-refractivity contribution in [2.24, 2.45) is 5.11 Å². The molecule has 0 amide bonds. The number of ether oxygens (including phenoxy) is 5. The highest BCUT2D eigenvalue weighted by atomic mass is 16.8. The quantitative estimate of drug-likeness (QED) is 0.437. The Morgan fingerprint density at radius 1 is 1.05 bits per heavy atom. The fourth-order valence-corrected chi connectivity index (χ4v) is 2.89. The molecule has 0 radical (unpaired) electrons. The maximum absolute atomic E-state index is 8.77. The summed E-state index contributed by atoms with van der Waals surface area (Å²) in [5.41, 5.74) is 8.77. The normalized spacial score (nSPS) is 45.1. The Balaban J connectivity index is 1.78. The maximum Gasteiger partial charge on any atom is 0.188 e. The third kappa shape index (κ3) is 2.39. The molecule has 1 unspecified atom stereocenters. The van der Waals surface area contributed by atoms with Gasteiger partial charge in [-0.2, -0.15) is 0 Å². The van der Waals surface area contributed by atoms with Crippen LogP contribution in [0.2, 0.25) is 0 Å². The zero-order valence-corrected chi connectivity index (χ0v) is 12.0. The molecule has 0 aromatic carbocycles.